The molecular formula is C12H22N4O2S. The minimum absolute atomic E-state index is 0.312. The van der Waals surface area contributed by atoms with Crippen LogP contribution >= 0.6 is 11.3 Å². The minimum Gasteiger partial charge on any atom is -0.393 e. The summed E-state index contributed by atoms with van der Waals surface area (Å²) in [7, 11) is 0. The normalized spacial score (nSPS) is 12.5. The number of carbonyl (C=O) groups is 1. The largest absolute Gasteiger partial charge is 0.393 e. The Morgan fingerprint density at radius 3 is 2.63 bits per heavy atom. The van der Waals surface area contributed by atoms with Crippen molar-refractivity contribution in [1.29, 1.82) is 0 Å². The number of amides is 2. The third-order valence-electron chi connectivity index (χ3n) is 2.84. The lowest BCUT2D eigenvalue weighted by Crippen LogP contribution is -2.30. The fraction of sp³-hybridized carbons (Fsp3) is 0.750. The molecule has 1 rings (SSSR count). The number of hydrogen-bond donors (Lipinski definition) is 3. The molecule has 2 amide bonds. The van der Waals surface area contributed by atoms with Crippen molar-refractivity contribution in [2.45, 2.75) is 52.1 Å². The van der Waals surface area contributed by atoms with Crippen LogP contribution in [0.15, 0.2) is 0 Å². The molecule has 0 aliphatic rings. The Hall–Kier alpha value is -1.21. The second kappa shape index (κ2) is 8.06. The van der Waals surface area contributed by atoms with E-state index < -0.39 is 6.10 Å². The zero-order valence-electron chi connectivity index (χ0n) is 11.6. The van der Waals surface area contributed by atoms with Gasteiger partial charge in [0.25, 0.3) is 0 Å². The maximum atomic E-state index is 11.5. The van der Waals surface area contributed by atoms with Crippen LogP contribution in [0.4, 0.5) is 9.93 Å². The van der Waals surface area contributed by atoms with Gasteiger partial charge in [-0.05, 0) is 26.2 Å². The fourth-order valence-electron chi connectivity index (χ4n) is 1.62. The van der Waals surface area contributed by atoms with Gasteiger partial charge in [0.05, 0.1) is 6.10 Å². The molecule has 3 N–H and O–H groups in total. The molecule has 108 valence electrons. The molecule has 7 heteroatoms. The summed E-state index contributed by atoms with van der Waals surface area (Å²) in [6.45, 7) is 6.35. The third-order valence-corrected chi connectivity index (χ3v) is 3.84. The van der Waals surface area contributed by atoms with E-state index in [-0.39, 0.29) is 6.03 Å². The molecule has 6 nitrogen and oxygen atoms in total. The quantitative estimate of drug-likeness (QED) is 0.718. The van der Waals surface area contributed by atoms with Crippen molar-refractivity contribution in [2.75, 3.05) is 11.9 Å². The highest BCUT2D eigenvalue weighted by Crippen LogP contribution is 2.27. The zero-order valence-corrected chi connectivity index (χ0v) is 12.5. The topological polar surface area (TPSA) is 87.1 Å². The predicted octanol–water partition coefficient (Wildman–Crippen LogP) is 2.33. The molecule has 0 aromatic carbocycles. The lowest BCUT2D eigenvalue weighted by Gasteiger charge is -2.07. The average Bonchev–Trinajstić information content (AvgIpc) is 2.78. The van der Waals surface area contributed by atoms with Crippen LogP contribution in [0.1, 0.15) is 51.0 Å². The van der Waals surface area contributed by atoms with Gasteiger partial charge in [-0.25, -0.2) is 4.79 Å². The Bertz CT molecular complexity index is 391. The Kier molecular flexibility index (Phi) is 6.72. The van der Waals surface area contributed by atoms with Crippen LogP contribution in [0, 0.1) is 0 Å². The summed E-state index contributed by atoms with van der Waals surface area (Å²) in [5, 5.41) is 23.9. The minimum atomic E-state index is -0.414. The summed E-state index contributed by atoms with van der Waals surface area (Å²) in [5.41, 5.74) is 0. The molecule has 1 aromatic heterocycles. The first-order chi connectivity index (χ1) is 9.06. The standard InChI is InChI=1S/C12H22N4O2S/c1-4-9(5-2)10-15-16-12(19-10)14-11(18)13-7-6-8(3)17/h8-9,17H,4-7H2,1-3H3,(H2,13,14,16,18). The number of rotatable bonds is 7. The molecule has 1 atom stereocenters. The van der Waals surface area contributed by atoms with Crippen LogP contribution in [0.2, 0.25) is 0 Å². The molecule has 19 heavy (non-hydrogen) atoms. The summed E-state index contributed by atoms with van der Waals surface area (Å²) in [6, 6.07) is -0.312. The van der Waals surface area contributed by atoms with Crippen LogP contribution in [0.3, 0.4) is 0 Å². The first-order valence-electron chi connectivity index (χ1n) is 6.63. The highest BCUT2D eigenvalue weighted by atomic mass is 32.1. The van der Waals surface area contributed by atoms with Crippen molar-refractivity contribution in [3.63, 3.8) is 0 Å². The van der Waals surface area contributed by atoms with E-state index in [4.69, 9.17) is 5.11 Å². The summed E-state index contributed by atoms with van der Waals surface area (Å²) in [4.78, 5) is 11.5. The Labute approximate surface area is 117 Å². The molecule has 0 saturated carbocycles. The van der Waals surface area contributed by atoms with Crippen LogP contribution < -0.4 is 10.6 Å². The fourth-order valence-corrected chi connectivity index (χ4v) is 2.63. The number of anilines is 1. The second-order valence-corrected chi connectivity index (χ2v) is 5.49. The number of aliphatic hydroxyl groups is 1. The zero-order chi connectivity index (χ0) is 14.3. The van der Waals surface area contributed by atoms with Gasteiger partial charge in [-0.3, -0.25) is 5.32 Å². The smallest absolute Gasteiger partial charge is 0.321 e. The van der Waals surface area contributed by atoms with Crippen LogP contribution in [0.5, 0.6) is 0 Å². The van der Waals surface area contributed by atoms with Gasteiger partial charge in [-0.2, -0.15) is 0 Å². The van der Waals surface area contributed by atoms with Gasteiger partial charge in [0, 0.05) is 12.5 Å². The van der Waals surface area contributed by atoms with Gasteiger partial charge in [0.2, 0.25) is 5.13 Å². The van der Waals surface area contributed by atoms with Crippen molar-refractivity contribution in [3.8, 4) is 0 Å². The molecule has 0 spiro atoms. The number of carbonyl (C=O) groups excluding carboxylic acids is 1. The van der Waals surface area contributed by atoms with E-state index in [2.05, 4.69) is 34.7 Å². The lowest BCUT2D eigenvalue weighted by molar-refractivity contribution is 0.184. The van der Waals surface area contributed by atoms with E-state index >= 15 is 0 Å². The van der Waals surface area contributed by atoms with E-state index in [9.17, 15) is 4.79 Å². The summed E-state index contributed by atoms with van der Waals surface area (Å²) in [6.07, 6.45) is 2.16. The first-order valence-corrected chi connectivity index (χ1v) is 7.44. The van der Waals surface area contributed by atoms with Crippen molar-refractivity contribution >= 4 is 22.5 Å². The average molecular weight is 286 g/mol. The van der Waals surface area contributed by atoms with Crippen molar-refractivity contribution in [2.24, 2.45) is 0 Å². The van der Waals surface area contributed by atoms with Gasteiger partial charge in [-0.15, -0.1) is 10.2 Å². The van der Waals surface area contributed by atoms with E-state index in [1.807, 2.05) is 0 Å². The summed E-state index contributed by atoms with van der Waals surface area (Å²) in [5.74, 6) is 0.409. The first kappa shape index (κ1) is 15.8. The van der Waals surface area contributed by atoms with E-state index in [0.717, 1.165) is 17.8 Å². The summed E-state index contributed by atoms with van der Waals surface area (Å²) >= 11 is 1.41. The number of aromatic nitrogens is 2. The number of aliphatic hydroxyl groups excluding tert-OH is 1. The van der Waals surface area contributed by atoms with Gasteiger partial charge in [0.1, 0.15) is 5.01 Å². The monoisotopic (exact) mass is 286 g/mol. The Morgan fingerprint density at radius 2 is 2.05 bits per heavy atom. The molecule has 0 fully saturated rings. The molecule has 0 bridgehead atoms. The van der Waals surface area contributed by atoms with Crippen molar-refractivity contribution < 1.29 is 9.90 Å². The number of hydrogen-bond acceptors (Lipinski definition) is 5. The van der Waals surface area contributed by atoms with E-state index in [0.29, 0.717) is 24.0 Å². The van der Waals surface area contributed by atoms with Gasteiger partial charge in [-0.1, -0.05) is 25.2 Å². The Balaban J connectivity index is 2.42. The van der Waals surface area contributed by atoms with E-state index in [1.165, 1.54) is 11.3 Å². The van der Waals surface area contributed by atoms with E-state index in [1.54, 1.807) is 6.92 Å². The van der Waals surface area contributed by atoms with Crippen LogP contribution in [-0.4, -0.2) is 34.0 Å². The SMILES string of the molecule is CCC(CC)c1nnc(NC(=O)NCCC(C)O)s1. The molecule has 0 aliphatic carbocycles. The number of nitrogens with zero attached hydrogens (tertiary/aromatic N) is 2. The Morgan fingerprint density at radius 1 is 1.37 bits per heavy atom. The van der Waals surface area contributed by atoms with Gasteiger partial charge in [0.15, 0.2) is 0 Å². The second-order valence-electron chi connectivity index (χ2n) is 4.48. The number of urea groups is 1. The maximum Gasteiger partial charge on any atom is 0.321 e. The van der Waals surface area contributed by atoms with Crippen molar-refractivity contribution in [3.05, 3.63) is 5.01 Å². The molecular weight excluding hydrogens is 264 g/mol. The van der Waals surface area contributed by atoms with Crippen LogP contribution in [0.25, 0.3) is 0 Å². The summed E-state index contributed by atoms with van der Waals surface area (Å²) < 4.78 is 0. The third kappa shape index (κ3) is 5.52. The predicted molar refractivity (Wildman–Crippen MR) is 76.6 cm³/mol. The van der Waals surface area contributed by atoms with Crippen molar-refractivity contribution in [1.82, 2.24) is 15.5 Å². The molecule has 1 aromatic rings. The molecule has 0 aliphatic heterocycles. The molecule has 0 radical (unpaired) electrons. The number of nitrogens with one attached hydrogen (secondary N) is 2. The van der Waals surface area contributed by atoms with Crippen LogP contribution in [-0.2, 0) is 0 Å². The highest BCUT2D eigenvalue weighted by molar-refractivity contribution is 7.15. The highest BCUT2D eigenvalue weighted by Gasteiger charge is 2.14. The van der Waals surface area contributed by atoms with Gasteiger partial charge >= 0.3 is 6.03 Å². The maximum absolute atomic E-state index is 11.5. The molecule has 0 saturated heterocycles. The molecule has 1 unspecified atom stereocenters. The lowest BCUT2D eigenvalue weighted by atomic mass is 10.1. The van der Waals surface area contributed by atoms with Gasteiger partial charge < -0.3 is 10.4 Å². The molecule has 1 heterocycles.